The number of amides is 1. The predicted octanol–water partition coefficient (Wildman–Crippen LogP) is 1.18. The molecule has 20 heavy (non-hydrogen) atoms. The van der Waals surface area contributed by atoms with Crippen molar-refractivity contribution in [3.63, 3.8) is 0 Å². The van der Waals surface area contributed by atoms with Crippen LogP contribution in [0.1, 0.15) is 24.2 Å². The van der Waals surface area contributed by atoms with Crippen LogP contribution >= 0.6 is 0 Å². The molecule has 6 heteroatoms. The van der Waals surface area contributed by atoms with Gasteiger partial charge in [0.25, 0.3) is 5.91 Å². The minimum Gasteiger partial charge on any atom is -0.482 e. The molecule has 0 atom stereocenters. The molecular formula is C14H15NO5. The van der Waals surface area contributed by atoms with Gasteiger partial charge < -0.3 is 9.47 Å². The van der Waals surface area contributed by atoms with Gasteiger partial charge in [-0.3, -0.25) is 19.3 Å². The van der Waals surface area contributed by atoms with E-state index in [2.05, 4.69) is 0 Å². The van der Waals surface area contributed by atoms with Gasteiger partial charge in [-0.2, -0.15) is 0 Å². The smallest absolute Gasteiger partial charge is 0.326 e. The van der Waals surface area contributed by atoms with Crippen LogP contribution in [0, 0.1) is 0 Å². The normalized spacial score (nSPS) is 13.8. The van der Waals surface area contributed by atoms with E-state index >= 15 is 0 Å². The van der Waals surface area contributed by atoms with Crippen molar-refractivity contribution in [3.8, 4) is 5.75 Å². The van der Waals surface area contributed by atoms with Crippen molar-refractivity contribution in [1.29, 1.82) is 0 Å². The second-order valence-electron chi connectivity index (χ2n) is 4.65. The van der Waals surface area contributed by atoms with Gasteiger partial charge in [-0.25, -0.2) is 0 Å². The molecule has 106 valence electrons. The molecule has 1 aliphatic rings. The fraction of sp³-hybridized carbons (Fsp3) is 0.357. The van der Waals surface area contributed by atoms with E-state index in [9.17, 15) is 14.4 Å². The zero-order valence-electron chi connectivity index (χ0n) is 11.3. The average Bonchev–Trinajstić information content (AvgIpc) is 2.40. The Labute approximate surface area is 116 Å². The van der Waals surface area contributed by atoms with Crippen molar-refractivity contribution in [1.82, 2.24) is 0 Å². The summed E-state index contributed by atoms with van der Waals surface area (Å²) in [4.78, 5) is 35.7. The molecule has 0 N–H and O–H groups in total. The lowest BCUT2D eigenvalue weighted by Gasteiger charge is -2.29. The molecule has 0 saturated heterocycles. The highest BCUT2D eigenvalue weighted by molar-refractivity contribution is 6.02. The van der Waals surface area contributed by atoms with E-state index < -0.39 is 5.97 Å². The van der Waals surface area contributed by atoms with Gasteiger partial charge in [0, 0.05) is 5.56 Å². The Balaban J connectivity index is 2.27. The topological polar surface area (TPSA) is 72.9 Å². The van der Waals surface area contributed by atoms with E-state index in [1.807, 2.05) is 0 Å². The second kappa shape index (κ2) is 5.73. The van der Waals surface area contributed by atoms with Gasteiger partial charge >= 0.3 is 5.97 Å². The number of anilines is 1. The molecule has 1 aromatic rings. The summed E-state index contributed by atoms with van der Waals surface area (Å²) in [6.45, 7) is 3.13. The maximum absolute atomic E-state index is 11.9. The molecule has 1 heterocycles. The Morgan fingerprint density at radius 1 is 1.50 bits per heavy atom. The number of nitrogens with zero attached hydrogens (tertiary/aromatic N) is 1. The van der Waals surface area contributed by atoms with E-state index in [1.165, 1.54) is 11.0 Å². The van der Waals surface area contributed by atoms with Crippen LogP contribution in [-0.2, 0) is 14.3 Å². The van der Waals surface area contributed by atoms with E-state index in [4.69, 9.17) is 9.47 Å². The summed E-state index contributed by atoms with van der Waals surface area (Å²) in [5.74, 6) is -0.383. The quantitative estimate of drug-likeness (QED) is 0.610. The first-order valence-corrected chi connectivity index (χ1v) is 6.23. The first-order valence-electron chi connectivity index (χ1n) is 6.23. The highest BCUT2D eigenvalue weighted by Gasteiger charge is 2.28. The first-order chi connectivity index (χ1) is 9.51. The van der Waals surface area contributed by atoms with Gasteiger partial charge in [0.2, 0.25) is 0 Å². The average molecular weight is 277 g/mol. The molecule has 1 aromatic carbocycles. The molecule has 1 aliphatic heterocycles. The van der Waals surface area contributed by atoms with E-state index in [-0.39, 0.29) is 25.2 Å². The number of carbonyl (C=O) groups is 3. The summed E-state index contributed by atoms with van der Waals surface area (Å²) in [6, 6.07) is 4.71. The number of carbonyl (C=O) groups excluding carboxylic acids is 3. The minimum absolute atomic E-state index is 0.137. The lowest BCUT2D eigenvalue weighted by Crippen LogP contribution is -2.42. The lowest BCUT2D eigenvalue weighted by atomic mass is 10.1. The highest BCUT2D eigenvalue weighted by Crippen LogP contribution is 2.32. The summed E-state index contributed by atoms with van der Waals surface area (Å²) < 4.78 is 10.3. The van der Waals surface area contributed by atoms with Crippen molar-refractivity contribution in [2.24, 2.45) is 0 Å². The van der Waals surface area contributed by atoms with Crippen molar-refractivity contribution < 1.29 is 23.9 Å². The van der Waals surface area contributed by atoms with Crippen LogP contribution in [0.15, 0.2) is 18.2 Å². The van der Waals surface area contributed by atoms with Gasteiger partial charge in [-0.05, 0) is 32.0 Å². The van der Waals surface area contributed by atoms with Crippen LogP contribution in [0.3, 0.4) is 0 Å². The summed E-state index contributed by atoms with van der Waals surface area (Å²) in [7, 11) is 0. The van der Waals surface area contributed by atoms with Crippen LogP contribution in [-0.4, -0.2) is 37.4 Å². The summed E-state index contributed by atoms with van der Waals surface area (Å²) >= 11 is 0. The predicted molar refractivity (Wildman–Crippen MR) is 70.9 cm³/mol. The maximum atomic E-state index is 11.9. The van der Waals surface area contributed by atoms with Crippen LogP contribution in [0.25, 0.3) is 0 Å². The minimum atomic E-state index is -0.502. The van der Waals surface area contributed by atoms with Crippen LogP contribution in [0.2, 0.25) is 0 Å². The molecule has 0 spiro atoms. The third kappa shape index (κ3) is 2.96. The van der Waals surface area contributed by atoms with Crippen molar-refractivity contribution in [2.45, 2.75) is 20.0 Å². The number of esters is 1. The van der Waals surface area contributed by atoms with Gasteiger partial charge in [0.1, 0.15) is 18.6 Å². The Kier molecular flexibility index (Phi) is 4.02. The van der Waals surface area contributed by atoms with Crippen molar-refractivity contribution in [2.75, 3.05) is 18.1 Å². The molecule has 1 amide bonds. The number of ether oxygens (including phenoxy) is 2. The third-order valence-corrected chi connectivity index (χ3v) is 2.72. The lowest BCUT2D eigenvalue weighted by molar-refractivity contribution is -0.146. The highest BCUT2D eigenvalue weighted by atomic mass is 16.5. The molecule has 0 aromatic heterocycles. The Bertz CT molecular complexity index is 552. The van der Waals surface area contributed by atoms with Crippen molar-refractivity contribution in [3.05, 3.63) is 23.8 Å². The fourth-order valence-corrected chi connectivity index (χ4v) is 1.90. The Morgan fingerprint density at radius 2 is 2.25 bits per heavy atom. The van der Waals surface area contributed by atoms with Gasteiger partial charge in [-0.1, -0.05) is 0 Å². The second-order valence-corrected chi connectivity index (χ2v) is 4.65. The summed E-state index contributed by atoms with van der Waals surface area (Å²) in [5, 5.41) is 0. The monoisotopic (exact) mass is 277 g/mol. The number of benzene rings is 1. The number of aldehydes is 1. The van der Waals surface area contributed by atoms with Gasteiger partial charge in [-0.15, -0.1) is 0 Å². The van der Waals surface area contributed by atoms with E-state index in [0.29, 0.717) is 23.3 Å². The van der Waals surface area contributed by atoms with Crippen LogP contribution < -0.4 is 9.64 Å². The maximum Gasteiger partial charge on any atom is 0.326 e. The summed E-state index contributed by atoms with van der Waals surface area (Å²) in [6.07, 6.45) is 0.420. The Hall–Kier alpha value is -2.37. The SMILES string of the molecule is CC(C)OC(=O)CN1C(=O)COc2ccc(C=O)cc21. The zero-order valence-corrected chi connectivity index (χ0v) is 11.3. The molecule has 6 nitrogen and oxygen atoms in total. The Morgan fingerprint density at radius 3 is 2.90 bits per heavy atom. The molecule has 0 unspecified atom stereocenters. The summed E-state index contributed by atoms with van der Waals surface area (Å²) in [5.41, 5.74) is 0.816. The largest absolute Gasteiger partial charge is 0.482 e. The molecular weight excluding hydrogens is 262 g/mol. The standard InChI is InChI=1S/C14H15NO5/c1-9(2)20-14(18)6-15-11-5-10(7-16)3-4-12(11)19-8-13(15)17/h3-5,7,9H,6,8H2,1-2H3. The zero-order chi connectivity index (χ0) is 14.7. The number of fused-ring (bicyclic) bond motifs is 1. The fourth-order valence-electron chi connectivity index (χ4n) is 1.90. The molecule has 0 fully saturated rings. The molecule has 0 bridgehead atoms. The molecule has 0 saturated carbocycles. The number of rotatable bonds is 4. The van der Waals surface area contributed by atoms with E-state index in [0.717, 1.165) is 0 Å². The third-order valence-electron chi connectivity index (χ3n) is 2.72. The molecule has 2 rings (SSSR count). The first kappa shape index (κ1) is 14.0. The van der Waals surface area contributed by atoms with E-state index in [1.54, 1.807) is 26.0 Å². The van der Waals surface area contributed by atoms with Crippen LogP contribution in [0.5, 0.6) is 5.75 Å². The van der Waals surface area contributed by atoms with Gasteiger partial charge in [0.05, 0.1) is 11.8 Å². The van der Waals surface area contributed by atoms with Gasteiger partial charge in [0.15, 0.2) is 6.61 Å². The van der Waals surface area contributed by atoms with Crippen molar-refractivity contribution >= 4 is 23.9 Å². The molecule has 0 radical (unpaired) electrons. The number of hydrogen-bond donors (Lipinski definition) is 0. The van der Waals surface area contributed by atoms with Crippen LogP contribution in [0.4, 0.5) is 5.69 Å². The number of hydrogen-bond acceptors (Lipinski definition) is 5. The molecule has 0 aliphatic carbocycles.